The summed E-state index contributed by atoms with van der Waals surface area (Å²) in [5, 5.41) is 2.97. The smallest absolute Gasteiger partial charge is 0.417 e. The molecule has 3 N–H and O–H groups in total. The predicted octanol–water partition coefficient (Wildman–Crippen LogP) is 5.49. The Kier molecular flexibility index (Phi) is 8.83. The van der Waals surface area contributed by atoms with Gasteiger partial charge in [-0.25, -0.2) is 4.98 Å². The number of amides is 2. The van der Waals surface area contributed by atoms with E-state index in [4.69, 9.17) is 10.5 Å². The number of halogens is 4. The molecule has 0 fully saturated rings. The Bertz CT molecular complexity index is 1250. The fraction of sp³-hybridized carbons (Fsp3) is 0.296. The molecular weight excluding hydrogens is 598 g/mol. The zero-order valence-corrected chi connectivity index (χ0v) is 22.6. The number of nitrogens with one attached hydrogen (secondary N) is 1. The van der Waals surface area contributed by atoms with Gasteiger partial charge < -0.3 is 15.8 Å². The van der Waals surface area contributed by atoms with Gasteiger partial charge in [-0.2, -0.15) is 13.2 Å². The number of pyridine rings is 1. The van der Waals surface area contributed by atoms with Crippen LogP contribution in [0.1, 0.15) is 53.7 Å². The molecule has 0 saturated heterocycles. The Morgan fingerprint density at radius 1 is 1.08 bits per heavy atom. The third-order valence-electron chi connectivity index (χ3n) is 5.90. The fourth-order valence-electron chi connectivity index (χ4n) is 3.78. The van der Waals surface area contributed by atoms with E-state index in [2.05, 4.69) is 32.9 Å². The second-order valence-electron chi connectivity index (χ2n) is 9.18. The van der Waals surface area contributed by atoms with Gasteiger partial charge in [-0.3, -0.25) is 9.59 Å². The van der Waals surface area contributed by atoms with E-state index in [0.717, 1.165) is 26.8 Å². The van der Waals surface area contributed by atoms with Crippen LogP contribution in [-0.2, 0) is 17.4 Å². The lowest BCUT2D eigenvalue weighted by molar-refractivity contribution is -0.138. The van der Waals surface area contributed by atoms with E-state index in [1.165, 1.54) is 13.8 Å². The van der Waals surface area contributed by atoms with Crippen molar-refractivity contribution in [3.8, 4) is 5.88 Å². The van der Waals surface area contributed by atoms with Crippen molar-refractivity contribution < 1.29 is 27.5 Å². The van der Waals surface area contributed by atoms with E-state index in [0.29, 0.717) is 18.2 Å². The largest absolute Gasteiger partial charge is 0.462 e. The zero-order valence-electron chi connectivity index (χ0n) is 20.5. The lowest BCUT2D eigenvalue weighted by Crippen LogP contribution is -2.51. The van der Waals surface area contributed by atoms with Gasteiger partial charge in [0.1, 0.15) is 0 Å². The van der Waals surface area contributed by atoms with Crippen LogP contribution in [0.3, 0.4) is 0 Å². The highest BCUT2D eigenvalue weighted by molar-refractivity contribution is 14.1. The maximum Gasteiger partial charge on any atom is 0.417 e. The minimum Gasteiger partial charge on any atom is -0.462 e. The summed E-state index contributed by atoms with van der Waals surface area (Å²) in [6, 6.07) is 16.5. The van der Waals surface area contributed by atoms with Gasteiger partial charge in [0.15, 0.2) is 5.60 Å². The first-order valence-electron chi connectivity index (χ1n) is 11.4. The number of ether oxygens (including phenoxy) is 1. The second-order valence-corrected chi connectivity index (χ2v) is 10.4. The third kappa shape index (κ3) is 7.67. The summed E-state index contributed by atoms with van der Waals surface area (Å²) in [6.07, 6.45) is -3.29. The fourth-order valence-corrected chi connectivity index (χ4v) is 4.14. The van der Waals surface area contributed by atoms with Gasteiger partial charge >= 0.3 is 6.18 Å². The molecule has 3 aromatic rings. The number of primary amides is 1. The van der Waals surface area contributed by atoms with Gasteiger partial charge in [0.05, 0.1) is 5.56 Å². The molecule has 1 heterocycles. The molecular formula is C27H27F3IN3O3. The molecule has 0 aliphatic heterocycles. The summed E-state index contributed by atoms with van der Waals surface area (Å²) in [5.41, 5.74) is 5.37. The topological polar surface area (TPSA) is 94.3 Å². The molecule has 0 aliphatic carbocycles. The van der Waals surface area contributed by atoms with Gasteiger partial charge in [-0.1, -0.05) is 24.3 Å². The summed E-state index contributed by atoms with van der Waals surface area (Å²) in [4.78, 5) is 28.7. The van der Waals surface area contributed by atoms with Crippen molar-refractivity contribution >= 4 is 34.4 Å². The Hall–Kier alpha value is -3.15. The molecule has 37 heavy (non-hydrogen) atoms. The summed E-state index contributed by atoms with van der Waals surface area (Å²) in [6.45, 7) is 4.87. The number of hydrogen-bond donors (Lipinski definition) is 2. The standard InChI is InChI=1S/C27H27F3IN3O3/c1-16(34-25(36)26(2,3)37-23-12-9-20(15-33-23)27(28,29)30)22(13-17-7-10-21(31)11-8-17)18-5-4-6-19(14-18)24(32)35/h4-12,14-16,22H,13H2,1-3H3,(H2,32,35)(H,34,36). The van der Waals surface area contributed by atoms with Crippen LogP contribution in [-0.4, -0.2) is 28.4 Å². The summed E-state index contributed by atoms with van der Waals surface area (Å²) in [7, 11) is 0. The van der Waals surface area contributed by atoms with Gasteiger partial charge in [-0.15, -0.1) is 0 Å². The van der Waals surface area contributed by atoms with Crippen LogP contribution in [0.25, 0.3) is 0 Å². The molecule has 196 valence electrons. The van der Waals surface area contributed by atoms with Crippen molar-refractivity contribution in [2.24, 2.45) is 5.73 Å². The van der Waals surface area contributed by atoms with Gasteiger partial charge in [-0.05, 0) is 91.2 Å². The molecule has 2 aromatic carbocycles. The number of hydrogen-bond acceptors (Lipinski definition) is 4. The van der Waals surface area contributed by atoms with Crippen molar-refractivity contribution in [3.63, 3.8) is 0 Å². The molecule has 0 saturated carbocycles. The Morgan fingerprint density at radius 2 is 1.76 bits per heavy atom. The van der Waals surface area contributed by atoms with E-state index in [9.17, 15) is 22.8 Å². The first kappa shape index (κ1) is 28.4. The summed E-state index contributed by atoms with van der Waals surface area (Å²) >= 11 is 2.22. The molecule has 3 rings (SSSR count). The predicted molar refractivity (Wildman–Crippen MR) is 142 cm³/mol. The average molecular weight is 625 g/mol. The molecule has 0 radical (unpaired) electrons. The highest BCUT2D eigenvalue weighted by Crippen LogP contribution is 2.30. The van der Waals surface area contributed by atoms with E-state index in [-0.39, 0.29) is 11.8 Å². The minimum atomic E-state index is -4.52. The molecule has 0 spiro atoms. The summed E-state index contributed by atoms with van der Waals surface area (Å²) < 4.78 is 45.2. The molecule has 2 amide bonds. The van der Waals surface area contributed by atoms with Crippen LogP contribution < -0.4 is 15.8 Å². The van der Waals surface area contributed by atoms with Crippen LogP contribution in [0.4, 0.5) is 13.2 Å². The van der Waals surface area contributed by atoms with Crippen molar-refractivity contribution in [1.29, 1.82) is 0 Å². The van der Waals surface area contributed by atoms with Crippen LogP contribution in [0.2, 0.25) is 0 Å². The average Bonchev–Trinajstić information content (AvgIpc) is 2.83. The van der Waals surface area contributed by atoms with E-state index < -0.39 is 35.2 Å². The molecule has 2 unspecified atom stereocenters. The monoisotopic (exact) mass is 625 g/mol. The molecule has 0 bridgehead atoms. The molecule has 10 heteroatoms. The van der Waals surface area contributed by atoms with Crippen molar-refractivity contribution in [3.05, 3.63) is 92.7 Å². The van der Waals surface area contributed by atoms with Crippen molar-refractivity contribution in [2.45, 2.75) is 50.9 Å². The van der Waals surface area contributed by atoms with Gasteiger partial charge in [0.2, 0.25) is 11.8 Å². The number of alkyl halides is 3. The van der Waals surface area contributed by atoms with E-state index in [1.54, 1.807) is 18.2 Å². The zero-order chi connectivity index (χ0) is 27.4. The van der Waals surface area contributed by atoms with Crippen LogP contribution >= 0.6 is 22.6 Å². The summed E-state index contributed by atoms with van der Waals surface area (Å²) in [5.74, 6) is -1.35. The Labute approximate surface area is 226 Å². The van der Waals surface area contributed by atoms with Crippen LogP contribution in [0.5, 0.6) is 5.88 Å². The maximum absolute atomic E-state index is 13.2. The number of aromatic nitrogens is 1. The SMILES string of the molecule is CC(NC(=O)C(C)(C)Oc1ccc(C(F)(F)F)cn1)C(Cc1ccc(I)cc1)c1cccc(C(N)=O)c1. The van der Waals surface area contributed by atoms with Gasteiger partial charge in [0.25, 0.3) is 5.91 Å². The Morgan fingerprint density at radius 3 is 2.32 bits per heavy atom. The number of carbonyl (C=O) groups excluding carboxylic acids is 2. The Balaban J connectivity index is 1.81. The van der Waals surface area contributed by atoms with Crippen LogP contribution in [0.15, 0.2) is 66.9 Å². The van der Waals surface area contributed by atoms with E-state index >= 15 is 0 Å². The van der Waals surface area contributed by atoms with Crippen molar-refractivity contribution in [1.82, 2.24) is 10.3 Å². The second kappa shape index (κ2) is 11.5. The minimum absolute atomic E-state index is 0.106. The number of rotatable bonds is 9. The maximum atomic E-state index is 13.2. The number of nitrogens with two attached hydrogens (primary N) is 1. The highest BCUT2D eigenvalue weighted by atomic mass is 127. The lowest BCUT2D eigenvalue weighted by Gasteiger charge is -2.31. The van der Waals surface area contributed by atoms with E-state index in [1.807, 2.05) is 37.3 Å². The number of benzene rings is 2. The van der Waals surface area contributed by atoms with Crippen molar-refractivity contribution in [2.75, 3.05) is 0 Å². The van der Waals surface area contributed by atoms with Crippen LogP contribution in [0, 0.1) is 3.57 Å². The lowest BCUT2D eigenvalue weighted by atomic mass is 9.85. The normalized spacial score (nSPS) is 13.5. The molecule has 6 nitrogen and oxygen atoms in total. The first-order valence-corrected chi connectivity index (χ1v) is 12.5. The third-order valence-corrected chi connectivity index (χ3v) is 6.62. The highest BCUT2D eigenvalue weighted by Gasteiger charge is 2.34. The first-order chi connectivity index (χ1) is 17.3. The number of carbonyl (C=O) groups is 2. The molecule has 2 atom stereocenters. The molecule has 1 aromatic heterocycles. The quantitative estimate of drug-likeness (QED) is 0.308. The van der Waals surface area contributed by atoms with Gasteiger partial charge in [0, 0.05) is 33.4 Å². The number of nitrogens with zero attached hydrogens (tertiary/aromatic N) is 1. The molecule has 0 aliphatic rings.